The first kappa shape index (κ1) is 17.1. The summed E-state index contributed by atoms with van der Waals surface area (Å²) in [5.41, 5.74) is 0.414. The minimum Gasteiger partial charge on any atom is -0.353 e. The molecule has 2 aromatic rings. The third-order valence-corrected chi connectivity index (χ3v) is 4.20. The summed E-state index contributed by atoms with van der Waals surface area (Å²) in [6, 6.07) is 7.37. The van der Waals surface area contributed by atoms with Gasteiger partial charge in [0.1, 0.15) is 16.8 Å². The Morgan fingerprint density at radius 1 is 1.16 bits per heavy atom. The zero-order chi connectivity index (χ0) is 18.0. The maximum atomic E-state index is 12.5. The molecule has 3 rings (SSSR count). The monoisotopic (exact) mass is 361 g/mol. The molecule has 0 bridgehead atoms. The fourth-order valence-corrected chi connectivity index (χ4v) is 2.95. The van der Waals surface area contributed by atoms with Crippen molar-refractivity contribution in [2.75, 3.05) is 31.1 Å². The summed E-state index contributed by atoms with van der Waals surface area (Å²) in [5, 5.41) is 11.1. The van der Waals surface area contributed by atoms with Gasteiger partial charge in [0.25, 0.3) is 11.6 Å². The highest BCUT2D eigenvalue weighted by molar-refractivity contribution is 6.29. The number of anilines is 1. The van der Waals surface area contributed by atoms with Crippen molar-refractivity contribution in [3.8, 4) is 0 Å². The van der Waals surface area contributed by atoms with Gasteiger partial charge in [0, 0.05) is 49.9 Å². The van der Waals surface area contributed by atoms with E-state index in [1.807, 2.05) is 0 Å². The SMILES string of the molecule is Cc1nc(Cl)cc(N2CCN(C(=O)c3ccc([N+](=O)[O-])cc3)CC2)n1. The van der Waals surface area contributed by atoms with Crippen LogP contribution in [-0.2, 0) is 0 Å². The van der Waals surface area contributed by atoms with Crippen LogP contribution in [0, 0.1) is 17.0 Å². The van der Waals surface area contributed by atoms with Gasteiger partial charge >= 0.3 is 0 Å². The van der Waals surface area contributed by atoms with Crippen LogP contribution in [0.4, 0.5) is 11.5 Å². The zero-order valence-corrected chi connectivity index (χ0v) is 14.3. The average molecular weight is 362 g/mol. The Balaban J connectivity index is 1.65. The predicted molar refractivity (Wildman–Crippen MR) is 93.0 cm³/mol. The minimum atomic E-state index is -0.484. The number of rotatable bonds is 3. The first-order chi connectivity index (χ1) is 11.9. The molecule has 0 atom stereocenters. The molecule has 0 spiro atoms. The van der Waals surface area contributed by atoms with Crippen molar-refractivity contribution >= 4 is 29.0 Å². The number of aryl methyl sites for hydroxylation is 1. The normalized spacial score (nSPS) is 14.5. The van der Waals surface area contributed by atoms with Crippen molar-refractivity contribution in [1.82, 2.24) is 14.9 Å². The fraction of sp³-hybridized carbons (Fsp3) is 0.312. The van der Waals surface area contributed by atoms with Crippen LogP contribution in [0.25, 0.3) is 0 Å². The minimum absolute atomic E-state index is 0.0302. The summed E-state index contributed by atoms with van der Waals surface area (Å²) in [7, 11) is 0. The van der Waals surface area contributed by atoms with Crippen LogP contribution >= 0.6 is 11.6 Å². The van der Waals surface area contributed by atoms with Gasteiger partial charge in [-0.2, -0.15) is 0 Å². The van der Waals surface area contributed by atoms with Crippen molar-refractivity contribution in [1.29, 1.82) is 0 Å². The maximum Gasteiger partial charge on any atom is 0.269 e. The molecule has 1 aliphatic rings. The van der Waals surface area contributed by atoms with E-state index < -0.39 is 4.92 Å². The van der Waals surface area contributed by atoms with Crippen LogP contribution in [0.2, 0.25) is 5.15 Å². The molecule has 9 heteroatoms. The number of non-ortho nitro benzene ring substituents is 1. The van der Waals surface area contributed by atoms with Crippen molar-refractivity contribution in [2.24, 2.45) is 0 Å². The van der Waals surface area contributed by atoms with Crippen molar-refractivity contribution in [2.45, 2.75) is 6.92 Å². The lowest BCUT2D eigenvalue weighted by Gasteiger charge is -2.35. The lowest BCUT2D eigenvalue weighted by Crippen LogP contribution is -2.49. The Bertz CT molecular complexity index is 784. The molecule has 0 radical (unpaired) electrons. The quantitative estimate of drug-likeness (QED) is 0.473. The standard InChI is InChI=1S/C16H16ClN5O3/c1-11-18-14(17)10-15(19-11)20-6-8-21(9-7-20)16(23)12-2-4-13(5-3-12)22(24)25/h2-5,10H,6-9H2,1H3. The second-order valence-electron chi connectivity index (χ2n) is 5.68. The van der Waals surface area contributed by atoms with E-state index in [1.165, 1.54) is 24.3 Å². The summed E-state index contributed by atoms with van der Waals surface area (Å²) in [6.07, 6.45) is 0. The smallest absolute Gasteiger partial charge is 0.269 e. The Hall–Kier alpha value is -2.74. The Labute approximate surface area is 149 Å². The molecule has 8 nitrogen and oxygen atoms in total. The second kappa shape index (κ2) is 7.02. The predicted octanol–water partition coefficient (Wildman–Crippen LogP) is 2.31. The Kier molecular flexibility index (Phi) is 4.80. The number of hydrogen-bond donors (Lipinski definition) is 0. The van der Waals surface area contributed by atoms with E-state index >= 15 is 0 Å². The Morgan fingerprint density at radius 2 is 1.80 bits per heavy atom. The first-order valence-electron chi connectivity index (χ1n) is 7.74. The van der Waals surface area contributed by atoms with Crippen molar-refractivity contribution in [3.05, 3.63) is 57.0 Å². The molecule has 130 valence electrons. The van der Waals surface area contributed by atoms with E-state index in [0.717, 1.165) is 5.82 Å². The molecule has 0 aliphatic carbocycles. The molecule has 1 aliphatic heterocycles. The van der Waals surface area contributed by atoms with Gasteiger partial charge in [0.2, 0.25) is 0 Å². The summed E-state index contributed by atoms with van der Waals surface area (Å²) in [5.74, 6) is 1.22. The van der Waals surface area contributed by atoms with Crippen LogP contribution in [0.1, 0.15) is 16.2 Å². The van der Waals surface area contributed by atoms with Crippen LogP contribution in [0.5, 0.6) is 0 Å². The van der Waals surface area contributed by atoms with Crippen LogP contribution < -0.4 is 4.90 Å². The summed E-state index contributed by atoms with van der Waals surface area (Å²) < 4.78 is 0. The summed E-state index contributed by atoms with van der Waals surface area (Å²) in [4.78, 5) is 34.9. The van der Waals surface area contributed by atoms with Gasteiger partial charge < -0.3 is 9.80 Å². The van der Waals surface area contributed by atoms with Crippen molar-refractivity contribution < 1.29 is 9.72 Å². The Morgan fingerprint density at radius 3 is 2.36 bits per heavy atom. The highest BCUT2D eigenvalue weighted by atomic mass is 35.5. The number of hydrogen-bond acceptors (Lipinski definition) is 6. The number of halogens is 1. The van der Waals surface area contributed by atoms with Crippen LogP contribution in [0.3, 0.4) is 0 Å². The molecule has 1 fully saturated rings. The molecule has 0 saturated carbocycles. The first-order valence-corrected chi connectivity index (χ1v) is 8.12. The molecule has 1 aromatic heterocycles. The van der Waals surface area contributed by atoms with Crippen molar-refractivity contribution in [3.63, 3.8) is 0 Å². The number of nitro groups is 1. The van der Waals surface area contributed by atoms with Gasteiger partial charge in [-0.15, -0.1) is 0 Å². The average Bonchev–Trinajstić information content (AvgIpc) is 2.60. The second-order valence-corrected chi connectivity index (χ2v) is 6.07. The molecular weight excluding hydrogens is 346 g/mol. The summed E-state index contributed by atoms with van der Waals surface area (Å²) in [6.45, 7) is 4.12. The topological polar surface area (TPSA) is 92.5 Å². The van der Waals surface area contributed by atoms with Gasteiger partial charge in [-0.05, 0) is 19.1 Å². The zero-order valence-electron chi connectivity index (χ0n) is 13.6. The van der Waals surface area contributed by atoms with Gasteiger partial charge in [-0.1, -0.05) is 11.6 Å². The number of piperazine rings is 1. The molecule has 0 N–H and O–H groups in total. The largest absolute Gasteiger partial charge is 0.353 e. The van der Waals surface area contributed by atoms with Gasteiger partial charge in [0.05, 0.1) is 4.92 Å². The van der Waals surface area contributed by atoms with E-state index in [0.29, 0.717) is 42.7 Å². The van der Waals surface area contributed by atoms with E-state index in [4.69, 9.17) is 11.6 Å². The number of nitro benzene ring substituents is 1. The van der Waals surface area contributed by atoms with E-state index in [-0.39, 0.29) is 11.6 Å². The van der Waals surface area contributed by atoms with Gasteiger partial charge in [-0.25, -0.2) is 9.97 Å². The molecule has 1 aromatic carbocycles. The third kappa shape index (κ3) is 3.85. The number of carbonyl (C=O) groups is 1. The molecule has 2 heterocycles. The van der Waals surface area contributed by atoms with Gasteiger partial charge in [-0.3, -0.25) is 14.9 Å². The van der Waals surface area contributed by atoms with Gasteiger partial charge in [0.15, 0.2) is 0 Å². The van der Waals surface area contributed by atoms with E-state index in [2.05, 4.69) is 14.9 Å². The lowest BCUT2D eigenvalue weighted by atomic mass is 10.1. The molecule has 0 unspecified atom stereocenters. The molecule has 1 amide bonds. The summed E-state index contributed by atoms with van der Waals surface area (Å²) >= 11 is 5.97. The number of nitrogens with zero attached hydrogens (tertiary/aromatic N) is 5. The van der Waals surface area contributed by atoms with Crippen LogP contribution in [-0.4, -0.2) is 51.9 Å². The van der Waals surface area contributed by atoms with E-state index in [1.54, 1.807) is 17.9 Å². The number of aromatic nitrogens is 2. The third-order valence-electron chi connectivity index (χ3n) is 4.01. The van der Waals surface area contributed by atoms with E-state index in [9.17, 15) is 14.9 Å². The number of benzene rings is 1. The maximum absolute atomic E-state index is 12.5. The highest BCUT2D eigenvalue weighted by Gasteiger charge is 2.23. The highest BCUT2D eigenvalue weighted by Crippen LogP contribution is 2.19. The van der Waals surface area contributed by atoms with Crippen LogP contribution in [0.15, 0.2) is 30.3 Å². The molecular formula is C16H16ClN5O3. The molecule has 1 saturated heterocycles. The fourth-order valence-electron chi connectivity index (χ4n) is 2.73. The lowest BCUT2D eigenvalue weighted by molar-refractivity contribution is -0.384. The number of amides is 1. The number of carbonyl (C=O) groups excluding carboxylic acids is 1. The molecule has 25 heavy (non-hydrogen) atoms.